The van der Waals surface area contributed by atoms with Crippen molar-refractivity contribution >= 4 is 18.4 Å². The summed E-state index contributed by atoms with van der Waals surface area (Å²) < 4.78 is 4.54. The van der Waals surface area contributed by atoms with E-state index in [1.165, 1.54) is 7.11 Å². The topological polar surface area (TPSA) is 38.3 Å². The molecule has 0 aliphatic carbocycles. The Labute approximate surface area is 80.3 Å². The smallest absolute Gasteiger partial charge is 0.322 e. The van der Waals surface area contributed by atoms with Gasteiger partial charge in [0, 0.05) is 0 Å². The van der Waals surface area contributed by atoms with Gasteiger partial charge in [0.25, 0.3) is 0 Å². The number of carbonyl (C=O) groups excluding carboxylic acids is 1. The highest BCUT2D eigenvalue weighted by Gasteiger charge is 2.10. The van der Waals surface area contributed by atoms with E-state index in [1.54, 1.807) is 0 Å². The van der Waals surface area contributed by atoms with Crippen LogP contribution >= 0.6 is 12.4 Å². The summed E-state index contributed by atoms with van der Waals surface area (Å²) >= 11 is 0. The van der Waals surface area contributed by atoms with Crippen LogP contribution in [-0.2, 0) is 9.53 Å². The van der Waals surface area contributed by atoms with E-state index >= 15 is 0 Å². The van der Waals surface area contributed by atoms with Crippen molar-refractivity contribution in [3.63, 3.8) is 0 Å². The Balaban J connectivity index is 0. The van der Waals surface area contributed by atoms with Crippen molar-refractivity contribution in [3.05, 3.63) is 0 Å². The Kier molecular flexibility index (Phi) is 10.5. The van der Waals surface area contributed by atoms with E-state index < -0.39 is 0 Å². The van der Waals surface area contributed by atoms with Gasteiger partial charge in [-0.1, -0.05) is 13.3 Å². The van der Waals surface area contributed by atoms with Crippen LogP contribution in [0.25, 0.3) is 0 Å². The quantitative estimate of drug-likeness (QED) is 0.532. The third kappa shape index (κ3) is 6.43. The summed E-state index contributed by atoms with van der Waals surface area (Å²) in [7, 11) is 1.40. The number of hydrogen-bond acceptors (Lipinski definition) is 3. The molecule has 0 spiro atoms. The highest BCUT2D eigenvalue weighted by atomic mass is 35.5. The number of unbranched alkanes of at least 4 members (excludes halogenated alkanes) is 1. The molecule has 0 fully saturated rings. The summed E-state index contributed by atoms with van der Waals surface area (Å²) in [6, 6.07) is -0.174. The zero-order valence-corrected chi connectivity index (χ0v) is 8.74. The molecule has 0 unspecified atom stereocenters. The third-order valence-corrected chi connectivity index (χ3v) is 1.54. The highest BCUT2D eigenvalue weighted by Crippen LogP contribution is 1.88. The number of nitrogens with one attached hydrogen (secondary N) is 1. The van der Waals surface area contributed by atoms with Gasteiger partial charge in [0.15, 0.2) is 0 Å². The summed E-state index contributed by atoms with van der Waals surface area (Å²) in [5.74, 6) is -0.193. The van der Waals surface area contributed by atoms with E-state index in [2.05, 4.69) is 17.0 Å². The molecule has 1 atom stereocenters. The maximum absolute atomic E-state index is 10.8. The molecule has 0 aromatic rings. The lowest BCUT2D eigenvalue weighted by atomic mass is 10.3. The van der Waals surface area contributed by atoms with E-state index in [0.717, 1.165) is 19.4 Å². The molecular formula is C8H18ClNO2. The number of ether oxygens (including phenoxy) is 1. The standard InChI is InChI=1S/C8H17NO2.ClH/c1-4-5-6-9-7(2)8(10)11-3;/h7,9H,4-6H2,1-3H3;1H/t7-;/m0./s1. The Morgan fingerprint density at radius 1 is 1.58 bits per heavy atom. The second kappa shape index (κ2) is 8.81. The zero-order valence-electron chi connectivity index (χ0n) is 7.92. The molecule has 12 heavy (non-hydrogen) atoms. The Hall–Kier alpha value is -0.280. The van der Waals surface area contributed by atoms with Gasteiger partial charge >= 0.3 is 5.97 Å². The Morgan fingerprint density at radius 2 is 2.17 bits per heavy atom. The normalized spacial score (nSPS) is 11.6. The molecule has 1 N–H and O–H groups in total. The molecule has 0 saturated heterocycles. The molecule has 4 heteroatoms. The Bertz CT molecular complexity index is 120. The average molecular weight is 196 g/mol. The van der Waals surface area contributed by atoms with E-state index in [1.807, 2.05) is 6.92 Å². The SMILES string of the molecule is CCCCN[C@@H](C)C(=O)OC.Cl. The fourth-order valence-corrected chi connectivity index (χ4v) is 0.755. The fraction of sp³-hybridized carbons (Fsp3) is 0.875. The van der Waals surface area contributed by atoms with Crippen molar-refractivity contribution < 1.29 is 9.53 Å². The van der Waals surface area contributed by atoms with Crippen molar-refractivity contribution in [2.24, 2.45) is 0 Å². The number of carbonyl (C=O) groups is 1. The number of hydrogen-bond donors (Lipinski definition) is 1. The number of methoxy groups -OCH3 is 1. The second-order valence-electron chi connectivity index (χ2n) is 2.55. The largest absolute Gasteiger partial charge is 0.468 e. The molecule has 0 aromatic heterocycles. The summed E-state index contributed by atoms with van der Waals surface area (Å²) in [6.45, 7) is 4.80. The lowest BCUT2D eigenvalue weighted by Crippen LogP contribution is -2.35. The second-order valence-corrected chi connectivity index (χ2v) is 2.55. The average Bonchev–Trinajstić information content (AvgIpc) is 2.03. The zero-order chi connectivity index (χ0) is 8.69. The monoisotopic (exact) mass is 195 g/mol. The maximum Gasteiger partial charge on any atom is 0.322 e. The van der Waals surface area contributed by atoms with E-state index in [0.29, 0.717) is 0 Å². The van der Waals surface area contributed by atoms with E-state index in [-0.39, 0.29) is 24.4 Å². The molecule has 0 aliphatic rings. The van der Waals surface area contributed by atoms with Crippen molar-refractivity contribution in [2.45, 2.75) is 32.7 Å². The first kappa shape index (κ1) is 14.3. The van der Waals surface area contributed by atoms with E-state index in [9.17, 15) is 4.79 Å². The minimum Gasteiger partial charge on any atom is -0.468 e. The molecule has 0 saturated carbocycles. The van der Waals surface area contributed by atoms with Gasteiger partial charge in [-0.3, -0.25) is 4.79 Å². The Morgan fingerprint density at radius 3 is 2.58 bits per heavy atom. The summed E-state index contributed by atoms with van der Waals surface area (Å²) in [5, 5.41) is 3.06. The van der Waals surface area contributed by atoms with Gasteiger partial charge in [0.2, 0.25) is 0 Å². The van der Waals surface area contributed by atoms with Crippen LogP contribution in [0.3, 0.4) is 0 Å². The third-order valence-electron chi connectivity index (χ3n) is 1.54. The molecule has 0 radical (unpaired) electrons. The van der Waals surface area contributed by atoms with Crippen LogP contribution in [-0.4, -0.2) is 25.7 Å². The predicted octanol–water partition coefficient (Wildman–Crippen LogP) is 1.36. The van der Waals surface area contributed by atoms with Crippen molar-refractivity contribution in [1.29, 1.82) is 0 Å². The minimum absolute atomic E-state index is 0. The molecule has 0 heterocycles. The van der Waals surface area contributed by atoms with Crippen LogP contribution < -0.4 is 5.32 Å². The molecule has 0 rings (SSSR count). The highest BCUT2D eigenvalue weighted by molar-refractivity contribution is 5.85. The minimum atomic E-state index is -0.193. The number of rotatable bonds is 5. The van der Waals surface area contributed by atoms with Gasteiger partial charge in [0.05, 0.1) is 7.11 Å². The van der Waals surface area contributed by atoms with Gasteiger partial charge in [0.1, 0.15) is 6.04 Å². The van der Waals surface area contributed by atoms with Gasteiger partial charge in [-0.2, -0.15) is 0 Å². The van der Waals surface area contributed by atoms with Crippen molar-refractivity contribution in [3.8, 4) is 0 Å². The van der Waals surface area contributed by atoms with Crippen LogP contribution in [0.15, 0.2) is 0 Å². The molecule has 0 aliphatic heterocycles. The summed E-state index contributed by atoms with van der Waals surface area (Å²) in [5.41, 5.74) is 0. The van der Waals surface area contributed by atoms with Gasteiger partial charge in [-0.05, 0) is 19.9 Å². The molecule has 3 nitrogen and oxygen atoms in total. The molecule has 0 amide bonds. The van der Waals surface area contributed by atoms with Crippen molar-refractivity contribution in [1.82, 2.24) is 5.32 Å². The van der Waals surface area contributed by atoms with Crippen molar-refractivity contribution in [2.75, 3.05) is 13.7 Å². The number of esters is 1. The summed E-state index contributed by atoms with van der Waals surface area (Å²) in [4.78, 5) is 10.8. The predicted molar refractivity (Wildman–Crippen MR) is 51.6 cm³/mol. The molecule has 0 aromatic carbocycles. The van der Waals surface area contributed by atoms with Gasteiger partial charge < -0.3 is 10.1 Å². The first-order chi connectivity index (χ1) is 5.22. The van der Waals surface area contributed by atoms with Crippen LogP contribution in [0.4, 0.5) is 0 Å². The van der Waals surface area contributed by atoms with E-state index in [4.69, 9.17) is 0 Å². The first-order valence-corrected chi connectivity index (χ1v) is 4.03. The van der Waals surface area contributed by atoms with Gasteiger partial charge in [-0.15, -0.1) is 12.4 Å². The summed E-state index contributed by atoms with van der Waals surface area (Å²) in [6.07, 6.45) is 2.24. The van der Waals surface area contributed by atoms with Gasteiger partial charge in [-0.25, -0.2) is 0 Å². The molecule has 0 bridgehead atoms. The lowest BCUT2D eigenvalue weighted by Gasteiger charge is -2.09. The van der Waals surface area contributed by atoms with Crippen LogP contribution in [0.5, 0.6) is 0 Å². The van der Waals surface area contributed by atoms with Crippen LogP contribution in [0.2, 0.25) is 0 Å². The molecular weight excluding hydrogens is 178 g/mol. The fourth-order valence-electron chi connectivity index (χ4n) is 0.755. The number of halogens is 1. The van der Waals surface area contributed by atoms with Crippen LogP contribution in [0.1, 0.15) is 26.7 Å². The maximum atomic E-state index is 10.8. The lowest BCUT2D eigenvalue weighted by molar-refractivity contribution is -0.142. The molecule has 74 valence electrons. The van der Waals surface area contributed by atoms with Crippen LogP contribution in [0, 0.1) is 0 Å². The first-order valence-electron chi connectivity index (χ1n) is 4.03.